The quantitative estimate of drug-likeness (QED) is 0.316. The van der Waals surface area contributed by atoms with Crippen LogP contribution in [0.2, 0.25) is 0 Å². The highest BCUT2D eigenvalue weighted by molar-refractivity contribution is 6.00. The Bertz CT molecular complexity index is 847. The SMILES string of the molecule is CC(C)c1ccc(Oc2ncccc2/C(=N/O)N2CCC3CCCCC3C2)cc1. The molecular weight excluding hydrogens is 362 g/mol. The zero-order valence-electron chi connectivity index (χ0n) is 17.4. The number of amidine groups is 1. The highest BCUT2D eigenvalue weighted by atomic mass is 16.5. The average molecular weight is 394 g/mol. The fourth-order valence-corrected chi connectivity index (χ4v) is 4.76. The van der Waals surface area contributed by atoms with Crippen LogP contribution in [-0.2, 0) is 0 Å². The minimum absolute atomic E-state index is 0.475. The molecule has 2 aromatic rings. The van der Waals surface area contributed by atoms with Crippen LogP contribution in [0.15, 0.2) is 47.8 Å². The zero-order chi connectivity index (χ0) is 20.2. The summed E-state index contributed by atoms with van der Waals surface area (Å²) in [6, 6.07) is 11.9. The minimum Gasteiger partial charge on any atom is -0.438 e. The van der Waals surface area contributed by atoms with Gasteiger partial charge in [-0.3, -0.25) is 0 Å². The van der Waals surface area contributed by atoms with Crippen molar-refractivity contribution in [2.24, 2.45) is 17.0 Å². The Morgan fingerprint density at radius 2 is 1.86 bits per heavy atom. The maximum Gasteiger partial charge on any atom is 0.230 e. The summed E-state index contributed by atoms with van der Waals surface area (Å²) in [5.74, 6) is 3.77. The molecule has 2 fully saturated rings. The van der Waals surface area contributed by atoms with Gasteiger partial charge >= 0.3 is 0 Å². The second-order valence-electron chi connectivity index (χ2n) is 8.64. The summed E-state index contributed by atoms with van der Waals surface area (Å²) in [7, 11) is 0. The van der Waals surface area contributed by atoms with Crippen molar-refractivity contribution in [2.75, 3.05) is 13.1 Å². The van der Waals surface area contributed by atoms with Gasteiger partial charge in [0.2, 0.25) is 5.88 Å². The van der Waals surface area contributed by atoms with E-state index in [2.05, 4.69) is 41.0 Å². The van der Waals surface area contributed by atoms with E-state index in [-0.39, 0.29) is 0 Å². The Balaban J connectivity index is 1.54. The number of rotatable bonds is 4. The van der Waals surface area contributed by atoms with Crippen LogP contribution >= 0.6 is 0 Å². The number of piperidine rings is 1. The van der Waals surface area contributed by atoms with Gasteiger partial charge in [0.1, 0.15) is 5.75 Å². The van der Waals surface area contributed by atoms with Crippen LogP contribution in [0.1, 0.15) is 63.0 Å². The van der Waals surface area contributed by atoms with Crippen LogP contribution in [0.5, 0.6) is 11.6 Å². The minimum atomic E-state index is 0.475. The molecule has 154 valence electrons. The van der Waals surface area contributed by atoms with E-state index in [4.69, 9.17) is 4.74 Å². The lowest BCUT2D eigenvalue weighted by Crippen LogP contribution is -2.45. The molecule has 2 unspecified atom stereocenters. The number of oxime groups is 1. The second kappa shape index (κ2) is 8.85. The van der Waals surface area contributed by atoms with Crippen molar-refractivity contribution in [2.45, 2.75) is 51.9 Å². The molecule has 2 atom stereocenters. The molecule has 2 aliphatic rings. The number of hydrogen-bond donors (Lipinski definition) is 1. The van der Waals surface area contributed by atoms with E-state index in [9.17, 15) is 5.21 Å². The Morgan fingerprint density at radius 3 is 2.59 bits per heavy atom. The Labute approximate surface area is 173 Å². The molecule has 5 heteroatoms. The third kappa shape index (κ3) is 4.39. The molecule has 1 aromatic carbocycles. The monoisotopic (exact) mass is 393 g/mol. The molecule has 0 bridgehead atoms. The number of fused-ring (bicyclic) bond motifs is 1. The molecule has 4 rings (SSSR count). The first kappa shape index (κ1) is 19.7. The molecule has 2 heterocycles. The van der Waals surface area contributed by atoms with E-state index in [1.54, 1.807) is 6.20 Å². The largest absolute Gasteiger partial charge is 0.438 e. The van der Waals surface area contributed by atoms with Gasteiger partial charge in [-0.2, -0.15) is 0 Å². The number of aromatic nitrogens is 1. The lowest BCUT2D eigenvalue weighted by atomic mass is 9.75. The summed E-state index contributed by atoms with van der Waals surface area (Å²) < 4.78 is 6.09. The first-order valence-corrected chi connectivity index (χ1v) is 10.9. The zero-order valence-corrected chi connectivity index (χ0v) is 17.4. The van der Waals surface area contributed by atoms with Crippen molar-refractivity contribution >= 4 is 5.84 Å². The van der Waals surface area contributed by atoms with Crippen molar-refractivity contribution in [1.29, 1.82) is 0 Å². The van der Waals surface area contributed by atoms with Crippen molar-refractivity contribution in [3.05, 3.63) is 53.7 Å². The molecule has 1 saturated heterocycles. The number of nitrogens with zero attached hydrogens (tertiary/aromatic N) is 3. The van der Waals surface area contributed by atoms with Gasteiger partial charge in [0.05, 0.1) is 5.56 Å². The van der Waals surface area contributed by atoms with E-state index >= 15 is 0 Å². The van der Waals surface area contributed by atoms with Gasteiger partial charge in [0.15, 0.2) is 5.84 Å². The van der Waals surface area contributed by atoms with Gasteiger partial charge in [-0.05, 0) is 60.4 Å². The summed E-state index contributed by atoms with van der Waals surface area (Å²) in [4.78, 5) is 6.64. The predicted octanol–water partition coefficient (Wildman–Crippen LogP) is 5.65. The number of pyridine rings is 1. The second-order valence-corrected chi connectivity index (χ2v) is 8.64. The molecule has 5 nitrogen and oxygen atoms in total. The topological polar surface area (TPSA) is 58.0 Å². The van der Waals surface area contributed by atoms with Crippen LogP contribution in [0, 0.1) is 11.8 Å². The molecule has 1 aliphatic heterocycles. The maximum absolute atomic E-state index is 9.88. The standard InChI is InChI=1S/C24H31N3O2/c1-17(2)18-9-11-21(12-10-18)29-24-22(8-5-14-25-24)23(26-28)27-15-13-19-6-3-4-7-20(19)16-27/h5,8-12,14,17,19-20,28H,3-4,6-7,13,15-16H2,1-2H3/b26-23-. The van der Waals surface area contributed by atoms with Crippen LogP contribution in [0.25, 0.3) is 0 Å². The Hall–Kier alpha value is -2.56. The van der Waals surface area contributed by atoms with Crippen LogP contribution in [0.4, 0.5) is 0 Å². The molecule has 0 amide bonds. The Morgan fingerprint density at radius 1 is 1.10 bits per heavy atom. The number of hydrogen-bond acceptors (Lipinski definition) is 4. The van der Waals surface area contributed by atoms with E-state index in [0.29, 0.717) is 23.6 Å². The van der Waals surface area contributed by atoms with Crippen LogP contribution in [0.3, 0.4) is 0 Å². The van der Waals surface area contributed by atoms with Crippen LogP contribution in [-0.4, -0.2) is 34.0 Å². The lowest BCUT2D eigenvalue weighted by molar-refractivity contribution is 0.127. The summed E-state index contributed by atoms with van der Waals surface area (Å²) in [6.07, 6.45) is 8.17. The van der Waals surface area contributed by atoms with Gasteiger partial charge in [-0.25, -0.2) is 4.98 Å². The van der Waals surface area contributed by atoms with Gasteiger partial charge in [-0.1, -0.05) is 50.4 Å². The van der Waals surface area contributed by atoms with Crippen molar-refractivity contribution in [1.82, 2.24) is 9.88 Å². The smallest absolute Gasteiger partial charge is 0.230 e. The highest BCUT2D eigenvalue weighted by Crippen LogP contribution is 2.37. The third-order valence-electron chi connectivity index (χ3n) is 6.46. The summed E-state index contributed by atoms with van der Waals surface area (Å²) >= 11 is 0. The van der Waals surface area contributed by atoms with E-state index < -0.39 is 0 Å². The molecule has 0 spiro atoms. The number of benzene rings is 1. The summed E-state index contributed by atoms with van der Waals surface area (Å²) in [6.45, 7) is 6.21. The fraction of sp³-hybridized carbons (Fsp3) is 0.500. The molecule has 1 aliphatic carbocycles. The Kier molecular flexibility index (Phi) is 6.02. The average Bonchev–Trinajstić information content (AvgIpc) is 2.76. The third-order valence-corrected chi connectivity index (χ3v) is 6.46. The molecular formula is C24H31N3O2. The maximum atomic E-state index is 9.88. The predicted molar refractivity (Wildman–Crippen MR) is 115 cm³/mol. The van der Waals surface area contributed by atoms with E-state index in [0.717, 1.165) is 36.7 Å². The molecule has 29 heavy (non-hydrogen) atoms. The number of likely N-dealkylation sites (tertiary alicyclic amines) is 1. The normalized spacial score (nSPS) is 22.4. The lowest BCUT2D eigenvalue weighted by Gasteiger charge is -2.42. The highest BCUT2D eigenvalue weighted by Gasteiger charge is 2.33. The first-order valence-electron chi connectivity index (χ1n) is 10.9. The molecule has 1 saturated carbocycles. The van der Waals surface area contributed by atoms with Gasteiger partial charge in [0, 0.05) is 19.3 Å². The molecule has 1 aromatic heterocycles. The van der Waals surface area contributed by atoms with Gasteiger partial charge < -0.3 is 14.8 Å². The first-order chi connectivity index (χ1) is 14.2. The van der Waals surface area contributed by atoms with Crippen molar-refractivity contribution < 1.29 is 9.94 Å². The van der Waals surface area contributed by atoms with E-state index in [1.807, 2.05) is 24.3 Å². The fourth-order valence-electron chi connectivity index (χ4n) is 4.76. The molecule has 0 radical (unpaired) electrons. The summed E-state index contributed by atoms with van der Waals surface area (Å²) in [5, 5.41) is 13.6. The van der Waals surface area contributed by atoms with Gasteiger partial charge in [-0.15, -0.1) is 0 Å². The van der Waals surface area contributed by atoms with Crippen molar-refractivity contribution in [3.8, 4) is 11.6 Å². The van der Waals surface area contributed by atoms with Gasteiger partial charge in [0.25, 0.3) is 0 Å². The number of ether oxygens (including phenoxy) is 1. The summed E-state index contributed by atoms with van der Waals surface area (Å²) in [5.41, 5.74) is 2.00. The van der Waals surface area contributed by atoms with Crippen LogP contribution < -0.4 is 4.74 Å². The van der Waals surface area contributed by atoms with Crippen molar-refractivity contribution in [3.63, 3.8) is 0 Å². The van der Waals surface area contributed by atoms with E-state index in [1.165, 1.54) is 31.2 Å². The molecule has 1 N–H and O–H groups in total.